The third kappa shape index (κ3) is 3.56. The first-order valence-electron chi connectivity index (χ1n) is 5.11. The van der Waals surface area contributed by atoms with Gasteiger partial charge in [0.05, 0.1) is 30.9 Å². The first-order chi connectivity index (χ1) is 7.71. The van der Waals surface area contributed by atoms with Crippen LogP contribution in [0.3, 0.4) is 0 Å². The van der Waals surface area contributed by atoms with Gasteiger partial charge in [-0.2, -0.15) is 0 Å². The van der Waals surface area contributed by atoms with Gasteiger partial charge in [-0.05, 0) is 25.1 Å². The van der Waals surface area contributed by atoms with Crippen molar-refractivity contribution in [2.45, 2.75) is 13.0 Å². The van der Waals surface area contributed by atoms with Gasteiger partial charge in [0.25, 0.3) is 0 Å². The molecule has 0 saturated heterocycles. The predicted octanol–water partition coefficient (Wildman–Crippen LogP) is 1.50. The first kappa shape index (κ1) is 13.1. The molecule has 0 spiro atoms. The maximum Gasteiger partial charge on any atom is 0.138 e. The molecule has 0 aromatic heterocycles. The van der Waals surface area contributed by atoms with E-state index in [2.05, 4.69) is 5.32 Å². The van der Waals surface area contributed by atoms with Gasteiger partial charge in [0, 0.05) is 5.69 Å². The largest absolute Gasteiger partial charge is 0.492 e. The smallest absolute Gasteiger partial charge is 0.138 e. The van der Waals surface area contributed by atoms with Crippen LogP contribution >= 0.6 is 11.6 Å². The summed E-state index contributed by atoms with van der Waals surface area (Å²) >= 11 is 5.99. The number of aliphatic hydroxyl groups excluding tert-OH is 2. The molecule has 1 aromatic carbocycles. The molecule has 0 heterocycles. The van der Waals surface area contributed by atoms with Crippen molar-refractivity contribution in [3.8, 4) is 5.75 Å². The fraction of sp³-hybridized carbons (Fsp3) is 0.455. The molecule has 0 atom stereocenters. The Labute approximate surface area is 99.8 Å². The number of rotatable bonds is 6. The van der Waals surface area contributed by atoms with Crippen molar-refractivity contribution in [3.05, 3.63) is 23.2 Å². The molecule has 3 N–H and O–H groups in total. The minimum absolute atomic E-state index is 0.138. The molecule has 0 unspecified atom stereocenters. The van der Waals surface area contributed by atoms with Gasteiger partial charge in [-0.15, -0.1) is 0 Å². The molecule has 0 radical (unpaired) electrons. The number of ether oxygens (including phenoxy) is 1. The van der Waals surface area contributed by atoms with Crippen molar-refractivity contribution in [1.29, 1.82) is 0 Å². The molecule has 0 aliphatic heterocycles. The molecular formula is C11H16ClNO3. The first-order valence-corrected chi connectivity index (χ1v) is 5.49. The third-order valence-corrected chi connectivity index (χ3v) is 2.34. The van der Waals surface area contributed by atoms with E-state index in [9.17, 15) is 0 Å². The summed E-state index contributed by atoms with van der Waals surface area (Å²) in [5.74, 6) is 0.624. The molecule has 5 heteroatoms. The van der Waals surface area contributed by atoms with E-state index in [1.54, 1.807) is 18.2 Å². The molecule has 1 rings (SSSR count). The second-order valence-corrected chi connectivity index (χ2v) is 3.69. The zero-order valence-corrected chi connectivity index (χ0v) is 9.87. The minimum atomic E-state index is -0.381. The van der Waals surface area contributed by atoms with Crippen LogP contribution in [0.1, 0.15) is 6.92 Å². The fourth-order valence-electron chi connectivity index (χ4n) is 1.25. The van der Waals surface area contributed by atoms with Crippen LogP contribution in [0, 0.1) is 0 Å². The van der Waals surface area contributed by atoms with E-state index in [0.717, 1.165) is 5.69 Å². The average Bonchev–Trinajstić information content (AvgIpc) is 2.29. The summed E-state index contributed by atoms with van der Waals surface area (Å²) in [6.07, 6.45) is 0. The molecule has 1 aromatic rings. The number of benzene rings is 1. The number of hydrogen-bond acceptors (Lipinski definition) is 4. The Morgan fingerprint density at radius 1 is 1.38 bits per heavy atom. The van der Waals surface area contributed by atoms with Gasteiger partial charge in [-0.3, -0.25) is 0 Å². The van der Waals surface area contributed by atoms with E-state index in [1.807, 2.05) is 6.92 Å². The zero-order chi connectivity index (χ0) is 12.0. The number of hydrogen-bond donors (Lipinski definition) is 3. The van der Waals surface area contributed by atoms with Gasteiger partial charge in [0.15, 0.2) is 0 Å². The number of anilines is 1. The van der Waals surface area contributed by atoms with Crippen LogP contribution in [0.5, 0.6) is 5.75 Å². The normalized spacial score (nSPS) is 10.6. The Morgan fingerprint density at radius 3 is 2.56 bits per heavy atom. The van der Waals surface area contributed by atoms with Gasteiger partial charge >= 0.3 is 0 Å². The second kappa shape index (κ2) is 6.58. The van der Waals surface area contributed by atoms with Gasteiger partial charge in [0.1, 0.15) is 5.75 Å². The lowest BCUT2D eigenvalue weighted by Crippen LogP contribution is -2.27. The lowest BCUT2D eigenvalue weighted by molar-refractivity contribution is 0.204. The predicted molar refractivity (Wildman–Crippen MR) is 64.2 cm³/mol. The van der Waals surface area contributed by atoms with Gasteiger partial charge in [-0.1, -0.05) is 11.6 Å². The molecule has 0 aliphatic carbocycles. The van der Waals surface area contributed by atoms with E-state index < -0.39 is 0 Å². The van der Waals surface area contributed by atoms with E-state index in [-0.39, 0.29) is 19.3 Å². The Balaban J connectivity index is 2.72. The van der Waals surface area contributed by atoms with E-state index in [1.165, 1.54) is 0 Å². The van der Waals surface area contributed by atoms with Gasteiger partial charge in [-0.25, -0.2) is 0 Å². The minimum Gasteiger partial charge on any atom is -0.492 e. The quantitative estimate of drug-likeness (QED) is 0.711. The van der Waals surface area contributed by atoms with Gasteiger partial charge < -0.3 is 20.3 Å². The summed E-state index contributed by atoms with van der Waals surface area (Å²) in [5.41, 5.74) is 0.738. The summed E-state index contributed by atoms with van der Waals surface area (Å²) in [7, 11) is 0. The van der Waals surface area contributed by atoms with Crippen LogP contribution in [0.2, 0.25) is 5.02 Å². The van der Waals surface area contributed by atoms with Crippen LogP contribution in [0.4, 0.5) is 5.69 Å². The Bertz CT molecular complexity index is 329. The molecule has 90 valence electrons. The van der Waals surface area contributed by atoms with Crippen molar-refractivity contribution < 1.29 is 14.9 Å². The molecular weight excluding hydrogens is 230 g/mol. The highest BCUT2D eigenvalue weighted by Gasteiger charge is 2.07. The fourth-order valence-corrected chi connectivity index (χ4v) is 1.48. The van der Waals surface area contributed by atoms with Crippen molar-refractivity contribution in [2.24, 2.45) is 0 Å². The Kier molecular flexibility index (Phi) is 5.38. The third-order valence-electron chi connectivity index (χ3n) is 2.04. The van der Waals surface area contributed by atoms with Gasteiger partial charge in [0.2, 0.25) is 0 Å². The van der Waals surface area contributed by atoms with Crippen LogP contribution in [0.25, 0.3) is 0 Å². The molecule has 0 fully saturated rings. The molecule has 0 bridgehead atoms. The zero-order valence-electron chi connectivity index (χ0n) is 9.11. The van der Waals surface area contributed by atoms with E-state index in [4.69, 9.17) is 26.6 Å². The molecule has 0 amide bonds. The average molecular weight is 246 g/mol. The van der Waals surface area contributed by atoms with Crippen molar-refractivity contribution >= 4 is 17.3 Å². The van der Waals surface area contributed by atoms with Crippen LogP contribution in [-0.4, -0.2) is 36.1 Å². The monoisotopic (exact) mass is 245 g/mol. The summed E-state index contributed by atoms with van der Waals surface area (Å²) < 4.78 is 5.29. The number of halogens is 1. The Hall–Kier alpha value is -0.970. The van der Waals surface area contributed by atoms with E-state index >= 15 is 0 Å². The highest BCUT2D eigenvalue weighted by atomic mass is 35.5. The van der Waals surface area contributed by atoms with Crippen molar-refractivity contribution in [2.75, 3.05) is 25.1 Å². The molecule has 0 saturated carbocycles. The maximum atomic E-state index is 8.92. The van der Waals surface area contributed by atoms with Crippen LogP contribution in [-0.2, 0) is 0 Å². The number of nitrogens with one attached hydrogen (secondary N) is 1. The second-order valence-electron chi connectivity index (χ2n) is 3.28. The van der Waals surface area contributed by atoms with E-state index in [0.29, 0.717) is 17.4 Å². The topological polar surface area (TPSA) is 61.7 Å². The van der Waals surface area contributed by atoms with Crippen molar-refractivity contribution in [3.63, 3.8) is 0 Å². The number of aliphatic hydroxyl groups is 2. The highest BCUT2D eigenvalue weighted by Crippen LogP contribution is 2.27. The molecule has 4 nitrogen and oxygen atoms in total. The maximum absolute atomic E-state index is 8.92. The van der Waals surface area contributed by atoms with Crippen LogP contribution < -0.4 is 10.1 Å². The summed E-state index contributed by atoms with van der Waals surface area (Å²) in [5, 5.41) is 21.3. The summed E-state index contributed by atoms with van der Waals surface area (Å²) in [6, 6.07) is 4.86. The lowest BCUT2D eigenvalue weighted by atomic mass is 10.2. The standard InChI is InChI=1S/C11H16ClNO3/c1-2-16-11-4-3-8(5-10(11)12)13-9(6-14)7-15/h3-5,9,13-15H,2,6-7H2,1H3. The summed E-state index contributed by atoms with van der Waals surface area (Å²) in [4.78, 5) is 0. The molecule has 16 heavy (non-hydrogen) atoms. The lowest BCUT2D eigenvalue weighted by Gasteiger charge is -2.15. The SMILES string of the molecule is CCOc1ccc(NC(CO)CO)cc1Cl. The summed E-state index contributed by atoms with van der Waals surface area (Å²) in [6.45, 7) is 2.17. The highest BCUT2D eigenvalue weighted by molar-refractivity contribution is 6.32. The van der Waals surface area contributed by atoms with Crippen molar-refractivity contribution in [1.82, 2.24) is 0 Å². The Morgan fingerprint density at radius 2 is 2.06 bits per heavy atom. The molecule has 0 aliphatic rings. The van der Waals surface area contributed by atoms with Crippen LogP contribution in [0.15, 0.2) is 18.2 Å².